The molecule has 166 valence electrons. The van der Waals surface area contributed by atoms with Crippen molar-refractivity contribution in [3.05, 3.63) is 77.1 Å². The van der Waals surface area contributed by atoms with Crippen molar-refractivity contribution in [3.8, 4) is 17.2 Å². The summed E-state index contributed by atoms with van der Waals surface area (Å²) in [5, 5.41) is 6.38. The summed E-state index contributed by atoms with van der Waals surface area (Å²) in [5.74, 6) is 1.26. The van der Waals surface area contributed by atoms with Crippen LogP contribution >= 0.6 is 11.6 Å². The molecule has 3 rings (SSSR count). The van der Waals surface area contributed by atoms with Gasteiger partial charge in [0.25, 0.3) is 5.91 Å². The number of hydrogen-bond acceptors (Lipinski definition) is 6. The summed E-state index contributed by atoms with van der Waals surface area (Å²) >= 11 is 6.02. The third-order valence-corrected chi connectivity index (χ3v) is 4.65. The third kappa shape index (κ3) is 5.89. The normalized spacial score (nSPS) is 10.9. The van der Waals surface area contributed by atoms with E-state index in [4.69, 9.17) is 25.8 Å². The molecule has 0 radical (unpaired) electrons. The Kier molecular flexibility index (Phi) is 7.88. The quantitative estimate of drug-likeness (QED) is 0.411. The number of carbonyl (C=O) groups excluding carboxylic acids is 1. The number of halogens is 1. The fraction of sp³-hybridized carbons (Fsp3) is 0.174. The fourth-order valence-corrected chi connectivity index (χ4v) is 3.06. The lowest BCUT2D eigenvalue weighted by atomic mass is 10.2. The lowest BCUT2D eigenvalue weighted by Gasteiger charge is -2.16. The largest absolute Gasteiger partial charge is 0.493 e. The predicted octanol–water partition coefficient (Wildman–Crippen LogP) is 4.16. The van der Waals surface area contributed by atoms with E-state index in [1.165, 1.54) is 21.3 Å². The van der Waals surface area contributed by atoms with E-state index in [0.717, 1.165) is 5.56 Å². The lowest BCUT2D eigenvalue weighted by molar-refractivity contribution is 0.0977. The number of ether oxygens (including phenoxy) is 3. The molecule has 8 nitrogen and oxygen atoms in total. The summed E-state index contributed by atoms with van der Waals surface area (Å²) in [6.07, 6.45) is 3.36. The molecule has 1 heterocycles. The Hall–Kier alpha value is -3.78. The summed E-state index contributed by atoms with van der Waals surface area (Å²) in [4.78, 5) is 21.3. The Morgan fingerprint density at radius 1 is 1.00 bits per heavy atom. The number of aromatic nitrogens is 1. The van der Waals surface area contributed by atoms with Gasteiger partial charge in [0.2, 0.25) is 11.7 Å². The molecule has 1 amide bonds. The summed E-state index contributed by atoms with van der Waals surface area (Å²) < 4.78 is 16.2. The molecule has 0 aliphatic heterocycles. The number of methoxy groups -OCH3 is 3. The van der Waals surface area contributed by atoms with E-state index in [9.17, 15) is 4.79 Å². The second-order valence-electron chi connectivity index (χ2n) is 6.52. The molecular formula is C23H23ClN4O4. The van der Waals surface area contributed by atoms with E-state index < -0.39 is 0 Å². The zero-order valence-electron chi connectivity index (χ0n) is 17.9. The molecule has 0 saturated heterocycles. The molecule has 2 N–H and O–H groups in total. The molecule has 1 aromatic heterocycles. The predicted molar refractivity (Wildman–Crippen MR) is 124 cm³/mol. The summed E-state index contributed by atoms with van der Waals surface area (Å²) in [7, 11) is 4.58. The minimum absolute atomic E-state index is 0.237. The molecule has 2 aromatic carbocycles. The maximum absolute atomic E-state index is 12.8. The highest BCUT2D eigenvalue weighted by Crippen LogP contribution is 2.39. The van der Waals surface area contributed by atoms with Gasteiger partial charge in [0, 0.05) is 40.8 Å². The van der Waals surface area contributed by atoms with Gasteiger partial charge in [-0.3, -0.25) is 15.1 Å². The minimum atomic E-state index is -0.360. The van der Waals surface area contributed by atoms with E-state index in [2.05, 4.69) is 20.6 Å². The van der Waals surface area contributed by atoms with Crippen molar-refractivity contribution in [3.63, 3.8) is 0 Å². The van der Waals surface area contributed by atoms with Crippen LogP contribution in [-0.2, 0) is 6.54 Å². The van der Waals surface area contributed by atoms with Crippen molar-refractivity contribution >= 4 is 29.2 Å². The molecule has 0 spiro atoms. The van der Waals surface area contributed by atoms with Crippen LogP contribution in [0.1, 0.15) is 15.9 Å². The van der Waals surface area contributed by atoms with Crippen molar-refractivity contribution in [2.45, 2.75) is 6.54 Å². The average molecular weight is 455 g/mol. The van der Waals surface area contributed by atoms with E-state index >= 15 is 0 Å². The number of aliphatic imine (C=N–C) groups is 1. The molecule has 3 aromatic rings. The van der Waals surface area contributed by atoms with Gasteiger partial charge in [-0.1, -0.05) is 17.7 Å². The fourth-order valence-electron chi connectivity index (χ4n) is 2.87. The highest BCUT2D eigenvalue weighted by atomic mass is 35.5. The zero-order chi connectivity index (χ0) is 22.9. The van der Waals surface area contributed by atoms with E-state index in [1.807, 2.05) is 12.1 Å². The minimum Gasteiger partial charge on any atom is -0.493 e. The van der Waals surface area contributed by atoms with Gasteiger partial charge in [-0.25, -0.2) is 4.99 Å². The third-order valence-electron chi connectivity index (χ3n) is 4.42. The molecular weight excluding hydrogens is 432 g/mol. The summed E-state index contributed by atoms with van der Waals surface area (Å²) in [5.41, 5.74) is 1.92. The van der Waals surface area contributed by atoms with E-state index in [1.54, 1.807) is 48.8 Å². The summed E-state index contributed by atoms with van der Waals surface area (Å²) in [6, 6.07) is 13.8. The number of benzene rings is 2. The second-order valence-corrected chi connectivity index (χ2v) is 6.96. The van der Waals surface area contributed by atoms with Crippen LogP contribution in [0.4, 0.5) is 5.69 Å². The first kappa shape index (κ1) is 22.9. The van der Waals surface area contributed by atoms with Gasteiger partial charge in [0.05, 0.1) is 27.9 Å². The first-order valence-electron chi connectivity index (χ1n) is 9.61. The van der Waals surface area contributed by atoms with Gasteiger partial charge < -0.3 is 19.5 Å². The van der Waals surface area contributed by atoms with Crippen molar-refractivity contribution in [2.24, 2.45) is 4.99 Å². The van der Waals surface area contributed by atoms with Crippen LogP contribution in [0.3, 0.4) is 0 Å². The Labute approximate surface area is 191 Å². The Morgan fingerprint density at radius 2 is 1.69 bits per heavy atom. The smallest absolute Gasteiger partial charge is 0.258 e. The van der Waals surface area contributed by atoms with Gasteiger partial charge in [-0.05, 0) is 35.9 Å². The Balaban J connectivity index is 1.91. The molecule has 9 heteroatoms. The van der Waals surface area contributed by atoms with Gasteiger partial charge in [0.1, 0.15) is 0 Å². The number of nitrogens with one attached hydrogen (secondary N) is 2. The van der Waals surface area contributed by atoms with Crippen molar-refractivity contribution in [1.29, 1.82) is 0 Å². The maximum atomic E-state index is 12.8. The Morgan fingerprint density at radius 3 is 2.28 bits per heavy atom. The van der Waals surface area contributed by atoms with Gasteiger partial charge in [-0.2, -0.15) is 0 Å². The molecule has 0 aliphatic rings. The molecule has 0 saturated carbocycles. The monoisotopic (exact) mass is 454 g/mol. The van der Waals surface area contributed by atoms with Crippen LogP contribution < -0.4 is 24.8 Å². The van der Waals surface area contributed by atoms with Crippen LogP contribution in [0.2, 0.25) is 5.02 Å². The highest BCUT2D eigenvalue weighted by Gasteiger charge is 2.15. The average Bonchev–Trinajstić information content (AvgIpc) is 2.82. The van der Waals surface area contributed by atoms with Gasteiger partial charge >= 0.3 is 0 Å². The second kappa shape index (κ2) is 11.0. The van der Waals surface area contributed by atoms with Crippen molar-refractivity contribution in [1.82, 2.24) is 10.3 Å². The topological polar surface area (TPSA) is 94.1 Å². The van der Waals surface area contributed by atoms with Crippen LogP contribution in [-0.4, -0.2) is 38.2 Å². The number of rotatable bonds is 7. The van der Waals surface area contributed by atoms with Crippen LogP contribution in [0.15, 0.2) is 65.9 Å². The molecule has 0 bridgehead atoms. The SMILES string of the molecule is COc1cc(NC(=NCc2ccncc2)NC(=O)c2cccc(Cl)c2)cc(OC)c1OC. The first-order valence-corrected chi connectivity index (χ1v) is 9.99. The van der Waals surface area contributed by atoms with E-state index in [-0.39, 0.29) is 11.9 Å². The zero-order valence-corrected chi connectivity index (χ0v) is 18.6. The van der Waals surface area contributed by atoms with Crippen molar-refractivity contribution < 1.29 is 19.0 Å². The molecule has 0 fully saturated rings. The number of guanidine groups is 1. The van der Waals surface area contributed by atoms with Crippen LogP contribution in [0.5, 0.6) is 17.2 Å². The molecule has 0 aliphatic carbocycles. The maximum Gasteiger partial charge on any atom is 0.258 e. The van der Waals surface area contributed by atoms with Crippen molar-refractivity contribution in [2.75, 3.05) is 26.6 Å². The number of amides is 1. The number of hydrogen-bond donors (Lipinski definition) is 2. The summed E-state index contributed by atoms with van der Waals surface area (Å²) in [6.45, 7) is 0.325. The number of pyridine rings is 1. The standard InChI is InChI=1S/C23H23ClN4O4/c1-30-19-12-18(13-20(31-2)21(19)32-3)27-23(26-14-15-7-9-25-10-8-15)28-22(29)16-5-4-6-17(24)11-16/h4-13H,14H2,1-3H3,(H2,26,27,28,29). The molecule has 32 heavy (non-hydrogen) atoms. The molecule has 0 atom stereocenters. The number of carbonyl (C=O) groups is 1. The van der Waals surface area contributed by atoms with Gasteiger partial charge in [-0.15, -0.1) is 0 Å². The van der Waals surface area contributed by atoms with Gasteiger partial charge in [0.15, 0.2) is 11.5 Å². The molecule has 0 unspecified atom stereocenters. The number of nitrogens with zero attached hydrogens (tertiary/aromatic N) is 2. The van der Waals surface area contributed by atoms with E-state index in [0.29, 0.717) is 40.1 Å². The number of anilines is 1. The van der Waals surface area contributed by atoms with Crippen LogP contribution in [0.25, 0.3) is 0 Å². The lowest BCUT2D eigenvalue weighted by Crippen LogP contribution is -2.36. The Bertz CT molecular complexity index is 1080. The van der Waals surface area contributed by atoms with Crippen LogP contribution in [0, 0.1) is 0 Å². The first-order chi connectivity index (χ1) is 15.5. The highest BCUT2D eigenvalue weighted by molar-refractivity contribution is 6.31.